The molecule has 28 heavy (non-hydrogen) atoms. The van der Waals surface area contributed by atoms with Gasteiger partial charge >= 0.3 is 6.03 Å². The number of hydrogen-bond donors (Lipinski definition) is 2. The Bertz CT molecular complexity index is 725. The maximum absolute atomic E-state index is 12.8. The highest BCUT2D eigenvalue weighted by Gasteiger charge is 2.36. The molecule has 1 aliphatic heterocycles. The summed E-state index contributed by atoms with van der Waals surface area (Å²) >= 11 is 0. The van der Waals surface area contributed by atoms with Crippen LogP contribution < -0.4 is 10.6 Å². The Morgan fingerprint density at radius 3 is 2.79 bits per heavy atom. The Labute approximate surface area is 168 Å². The number of allylic oxidation sites excluding steroid dienone is 4. The summed E-state index contributed by atoms with van der Waals surface area (Å²) < 4.78 is 0. The van der Waals surface area contributed by atoms with Gasteiger partial charge in [0.1, 0.15) is 6.04 Å². The molecule has 2 unspecified atom stereocenters. The zero-order valence-electron chi connectivity index (χ0n) is 16.9. The van der Waals surface area contributed by atoms with E-state index >= 15 is 0 Å². The molecule has 0 aromatic heterocycles. The lowest BCUT2D eigenvalue weighted by Gasteiger charge is -2.26. The Hall–Kier alpha value is -2.82. The molecule has 1 heterocycles. The van der Waals surface area contributed by atoms with Gasteiger partial charge in [0.05, 0.1) is 6.04 Å². The van der Waals surface area contributed by atoms with Crippen molar-refractivity contribution in [1.82, 2.24) is 15.5 Å². The Kier molecular flexibility index (Phi) is 8.53. The van der Waals surface area contributed by atoms with E-state index in [-0.39, 0.29) is 18.0 Å². The van der Waals surface area contributed by atoms with E-state index < -0.39 is 6.04 Å². The van der Waals surface area contributed by atoms with Crippen molar-refractivity contribution in [2.45, 2.75) is 51.7 Å². The number of nitrogens with zero attached hydrogens (tertiary/aromatic N) is 1. The van der Waals surface area contributed by atoms with Gasteiger partial charge in [-0.1, -0.05) is 74.6 Å². The van der Waals surface area contributed by atoms with E-state index in [0.717, 1.165) is 17.6 Å². The van der Waals surface area contributed by atoms with Crippen LogP contribution in [0.4, 0.5) is 4.79 Å². The largest absolute Gasteiger partial charge is 0.350 e. The molecule has 1 fully saturated rings. The van der Waals surface area contributed by atoms with Crippen LogP contribution in [0.15, 0.2) is 66.8 Å². The SMILES string of the molecule is C=C/C(=C\C=C/C)CC1CN(C(CCC)C(=O)NCc2ccccc2)C(=O)N1. The van der Waals surface area contributed by atoms with Gasteiger partial charge in [0, 0.05) is 13.1 Å². The number of rotatable bonds is 10. The maximum atomic E-state index is 12.8. The zero-order valence-corrected chi connectivity index (χ0v) is 16.9. The highest BCUT2D eigenvalue weighted by Crippen LogP contribution is 2.18. The van der Waals surface area contributed by atoms with Crippen LogP contribution in [0.25, 0.3) is 0 Å². The Morgan fingerprint density at radius 2 is 2.14 bits per heavy atom. The average molecular weight is 382 g/mol. The summed E-state index contributed by atoms with van der Waals surface area (Å²) in [4.78, 5) is 27.0. The fourth-order valence-corrected chi connectivity index (χ4v) is 3.34. The normalized spacial score (nSPS) is 18.2. The van der Waals surface area contributed by atoms with E-state index in [4.69, 9.17) is 0 Å². The van der Waals surface area contributed by atoms with Crippen LogP contribution >= 0.6 is 0 Å². The molecule has 5 heteroatoms. The van der Waals surface area contributed by atoms with Gasteiger partial charge in [0.25, 0.3) is 0 Å². The third kappa shape index (κ3) is 6.12. The van der Waals surface area contributed by atoms with Gasteiger partial charge in [-0.15, -0.1) is 0 Å². The molecule has 5 nitrogen and oxygen atoms in total. The second-order valence-electron chi connectivity index (χ2n) is 6.98. The predicted octanol–water partition coefficient (Wildman–Crippen LogP) is 3.94. The molecule has 0 bridgehead atoms. The number of benzene rings is 1. The predicted molar refractivity (Wildman–Crippen MR) is 114 cm³/mol. The number of carbonyl (C=O) groups excluding carboxylic acids is 2. The molecular formula is C23H31N3O2. The molecule has 0 spiro atoms. The first-order valence-corrected chi connectivity index (χ1v) is 9.92. The minimum Gasteiger partial charge on any atom is -0.350 e. The van der Waals surface area contributed by atoms with Gasteiger partial charge in [-0.2, -0.15) is 0 Å². The van der Waals surface area contributed by atoms with Crippen molar-refractivity contribution in [1.29, 1.82) is 0 Å². The van der Waals surface area contributed by atoms with E-state index in [1.54, 1.807) is 4.90 Å². The quantitative estimate of drug-likeness (QED) is 0.603. The van der Waals surface area contributed by atoms with Crippen molar-refractivity contribution in [3.05, 3.63) is 72.4 Å². The Balaban J connectivity index is 2.01. The fraction of sp³-hybridized carbons (Fsp3) is 0.391. The molecule has 1 aromatic carbocycles. The molecule has 1 aliphatic rings. The standard InChI is InChI=1S/C23H31N3O2/c1-4-7-12-18(6-3)15-20-17-26(23(28)25-20)21(11-5-2)22(27)24-16-19-13-9-8-10-14-19/h4,6-10,12-14,20-21H,3,5,11,15-17H2,1-2H3,(H,24,27)(H,25,28)/b7-4-,18-12+. The second-order valence-corrected chi connectivity index (χ2v) is 6.98. The molecule has 1 saturated heterocycles. The molecular weight excluding hydrogens is 350 g/mol. The van der Waals surface area contributed by atoms with Gasteiger partial charge in [0.15, 0.2) is 0 Å². The lowest BCUT2D eigenvalue weighted by Crippen LogP contribution is -2.48. The minimum atomic E-state index is -0.453. The van der Waals surface area contributed by atoms with E-state index in [2.05, 4.69) is 17.2 Å². The van der Waals surface area contributed by atoms with E-state index in [1.807, 2.05) is 68.5 Å². The van der Waals surface area contributed by atoms with E-state index in [9.17, 15) is 9.59 Å². The summed E-state index contributed by atoms with van der Waals surface area (Å²) in [6.07, 6.45) is 9.89. The van der Waals surface area contributed by atoms with Gasteiger partial charge in [-0.3, -0.25) is 4.79 Å². The first-order valence-electron chi connectivity index (χ1n) is 9.92. The average Bonchev–Trinajstić information content (AvgIpc) is 3.07. The van der Waals surface area contributed by atoms with Gasteiger partial charge in [-0.25, -0.2) is 4.79 Å². The van der Waals surface area contributed by atoms with Crippen LogP contribution in [0.2, 0.25) is 0 Å². The number of urea groups is 1. The highest BCUT2D eigenvalue weighted by atomic mass is 16.2. The summed E-state index contributed by atoms with van der Waals surface area (Å²) in [5, 5.41) is 5.99. The van der Waals surface area contributed by atoms with Crippen LogP contribution in [-0.2, 0) is 11.3 Å². The van der Waals surface area contributed by atoms with Crippen LogP contribution in [0.5, 0.6) is 0 Å². The number of nitrogens with one attached hydrogen (secondary N) is 2. The van der Waals surface area contributed by atoms with Crippen molar-refractivity contribution in [2.24, 2.45) is 0 Å². The number of hydrogen-bond acceptors (Lipinski definition) is 2. The van der Waals surface area contributed by atoms with Crippen LogP contribution in [0.1, 0.15) is 38.7 Å². The van der Waals surface area contributed by atoms with Gasteiger partial charge in [-0.05, 0) is 30.9 Å². The van der Waals surface area contributed by atoms with Crippen molar-refractivity contribution in [2.75, 3.05) is 6.54 Å². The summed E-state index contributed by atoms with van der Waals surface area (Å²) in [6.45, 7) is 8.81. The highest BCUT2D eigenvalue weighted by molar-refractivity contribution is 5.88. The van der Waals surface area contributed by atoms with Crippen LogP contribution in [0.3, 0.4) is 0 Å². The summed E-state index contributed by atoms with van der Waals surface area (Å²) in [5.74, 6) is -0.102. The topological polar surface area (TPSA) is 61.4 Å². The lowest BCUT2D eigenvalue weighted by molar-refractivity contribution is -0.125. The van der Waals surface area contributed by atoms with E-state index in [1.165, 1.54) is 0 Å². The molecule has 2 rings (SSSR count). The molecule has 1 aromatic rings. The fourth-order valence-electron chi connectivity index (χ4n) is 3.34. The molecule has 2 atom stereocenters. The third-order valence-corrected chi connectivity index (χ3v) is 4.80. The Morgan fingerprint density at radius 1 is 1.39 bits per heavy atom. The zero-order chi connectivity index (χ0) is 20.4. The molecule has 2 N–H and O–H groups in total. The molecule has 0 saturated carbocycles. The van der Waals surface area contributed by atoms with Crippen LogP contribution in [0, 0.1) is 0 Å². The summed E-state index contributed by atoms with van der Waals surface area (Å²) in [5.41, 5.74) is 2.10. The maximum Gasteiger partial charge on any atom is 0.318 e. The minimum absolute atomic E-state index is 0.0247. The lowest BCUT2D eigenvalue weighted by atomic mass is 10.0. The summed E-state index contributed by atoms with van der Waals surface area (Å²) in [6, 6.07) is 9.14. The molecule has 0 aliphatic carbocycles. The first kappa shape index (κ1) is 21.5. The number of carbonyl (C=O) groups is 2. The third-order valence-electron chi connectivity index (χ3n) is 4.80. The van der Waals surface area contributed by atoms with Crippen molar-refractivity contribution in [3.8, 4) is 0 Å². The van der Waals surface area contributed by atoms with Crippen molar-refractivity contribution >= 4 is 11.9 Å². The van der Waals surface area contributed by atoms with Crippen molar-refractivity contribution < 1.29 is 9.59 Å². The van der Waals surface area contributed by atoms with Crippen molar-refractivity contribution in [3.63, 3.8) is 0 Å². The van der Waals surface area contributed by atoms with Crippen LogP contribution in [-0.4, -0.2) is 35.5 Å². The molecule has 3 amide bonds. The van der Waals surface area contributed by atoms with Gasteiger partial charge < -0.3 is 15.5 Å². The monoisotopic (exact) mass is 381 g/mol. The summed E-state index contributed by atoms with van der Waals surface area (Å²) in [7, 11) is 0. The van der Waals surface area contributed by atoms with E-state index in [0.29, 0.717) is 25.9 Å². The first-order chi connectivity index (χ1) is 13.6. The number of amides is 3. The molecule has 150 valence electrons. The molecule has 0 radical (unpaired) electrons. The van der Waals surface area contributed by atoms with Gasteiger partial charge in [0.2, 0.25) is 5.91 Å². The second kappa shape index (κ2) is 11.1. The smallest absolute Gasteiger partial charge is 0.318 e.